The maximum atomic E-state index is 14.3. The molecule has 0 aromatic rings. The number of nitrogens with zero attached hydrogens (tertiary/aromatic N) is 1. The van der Waals surface area contributed by atoms with Crippen LogP contribution in [0.5, 0.6) is 0 Å². The first kappa shape index (κ1) is 34.0. The molecule has 1 atom stereocenters. The third-order valence-electron chi connectivity index (χ3n) is 4.97. The highest BCUT2D eigenvalue weighted by Crippen LogP contribution is 2.63. The first-order valence-corrected chi connectivity index (χ1v) is 9.47. The molecule has 212 valence electrons. The van der Waals surface area contributed by atoms with Gasteiger partial charge in [0, 0.05) is 11.8 Å². The molecule has 0 bridgehead atoms. The Morgan fingerprint density at radius 3 is 1.36 bits per heavy atom. The van der Waals surface area contributed by atoms with Crippen LogP contribution in [0.2, 0.25) is 0 Å². The van der Waals surface area contributed by atoms with E-state index in [-0.39, 0.29) is 12.0 Å². The standard InChI is InChI=1S/C18H17F16NO/c1-4-8(5-2)10(36)35-7-9(6-3)12(21,22)14(25,26)16(29,30)18(33,34)17(31,32)15(27,28)13(23,24)11(19)20/h4,7,9,11H,5-6H2,1-3H3/b8-4-,35-7?. The Kier molecular flexibility index (Phi) is 9.79. The number of carbonyl (C=O) groups excluding carboxylic acids is 1. The molecule has 0 N–H and O–H groups in total. The average Bonchev–Trinajstić information content (AvgIpc) is 2.73. The Morgan fingerprint density at radius 1 is 0.694 bits per heavy atom. The van der Waals surface area contributed by atoms with E-state index in [1.165, 1.54) is 13.8 Å². The van der Waals surface area contributed by atoms with Crippen LogP contribution in [-0.4, -0.2) is 60.0 Å². The van der Waals surface area contributed by atoms with Crippen LogP contribution in [0.15, 0.2) is 16.6 Å². The monoisotopic (exact) mass is 567 g/mol. The van der Waals surface area contributed by atoms with Crippen LogP contribution in [0.25, 0.3) is 0 Å². The first-order chi connectivity index (χ1) is 15.8. The van der Waals surface area contributed by atoms with E-state index in [0.717, 1.165) is 6.08 Å². The third-order valence-corrected chi connectivity index (χ3v) is 4.97. The first-order valence-electron chi connectivity index (χ1n) is 9.47. The van der Waals surface area contributed by atoms with Crippen LogP contribution in [0.4, 0.5) is 70.2 Å². The van der Waals surface area contributed by atoms with Gasteiger partial charge in [0.05, 0.1) is 5.92 Å². The highest BCUT2D eigenvalue weighted by atomic mass is 19.4. The molecule has 0 aromatic heterocycles. The number of halogens is 16. The van der Waals surface area contributed by atoms with Crippen LogP contribution < -0.4 is 0 Å². The summed E-state index contributed by atoms with van der Waals surface area (Å²) in [6.45, 7) is 3.10. The van der Waals surface area contributed by atoms with Crippen LogP contribution in [0.1, 0.15) is 33.6 Å². The van der Waals surface area contributed by atoms with E-state index >= 15 is 0 Å². The van der Waals surface area contributed by atoms with Crippen LogP contribution >= 0.6 is 0 Å². The van der Waals surface area contributed by atoms with E-state index in [1.807, 2.05) is 0 Å². The minimum Gasteiger partial charge on any atom is -0.267 e. The predicted molar refractivity (Wildman–Crippen MR) is 92.0 cm³/mol. The third kappa shape index (κ3) is 4.91. The lowest BCUT2D eigenvalue weighted by atomic mass is 9.84. The van der Waals surface area contributed by atoms with Gasteiger partial charge in [0.25, 0.3) is 5.91 Å². The minimum atomic E-state index is -8.46. The highest BCUT2D eigenvalue weighted by Gasteiger charge is 2.93. The summed E-state index contributed by atoms with van der Waals surface area (Å²) >= 11 is 0. The van der Waals surface area contributed by atoms with Crippen molar-refractivity contribution in [1.82, 2.24) is 0 Å². The van der Waals surface area contributed by atoms with E-state index in [1.54, 1.807) is 0 Å². The number of alkyl halides is 16. The minimum absolute atomic E-state index is 0.104. The summed E-state index contributed by atoms with van der Waals surface area (Å²) in [5.41, 5.74) is -0.227. The summed E-state index contributed by atoms with van der Waals surface area (Å²) in [6, 6.07) is 0. The zero-order valence-electron chi connectivity index (χ0n) is 18.1. The molecular weight excluding hydrogens is 550 g/mol. The summed E-state index contributed by atoms with van der Waals surface area (Å²) in [5.74, 6) is -59.8. The number of carbonyl (C=O) groups is 1. The lowest BCUT2D eigenvalue weighted by molar-refractivity contribution is -0.448. The number of hydrogen-bond acceptors (Lipinski definition) is 1. The van der Waals surface area contributed by atoms with Crippen molar-refractivity contribution in [3.05, 3.63) is 11.6 Å². The fraction of sp³-hybridized carbons (Fsp3) is 0.778. The summed E-state index contributed by atoms with van der Waals surface area (Å²) in [4.78, 5) is 14.4. The van der Waals surface area contributed by atoms with Crippen molar-refractivity contribution < 1.29 is 75.0 Å². The van der Waals surface area contributed by atoms with E-state index < -0.39 is 72.3 Å². The molecule has 0 rings (SSSR count). The molecule has 0 aliphatic rings. The second-order valence-corrected chi connectivity index (χ2v) is 7.18. The van der Waals surface area contributed by atoms with Gasteiger partial charge in [-0.1, -0.05) is 19.9 Å². The van der Waals surface area contributed by atoms with Gasteiger partial charge in [0.2, 0.25) is 0 Å². The number of hydrogen-bond donors (Lipinski definition) is 0. The number of allylic oxidation sites excluding steroid dienone is 1. The van der Waals surface area contributed by atoms with Gasteiger partial charge in [-0.15, -0.1) is 0 Å². The van der Waals surface area contributed by atoms with Gasteiger partial charge in [0.15, 0.2) is 0 Å². The fourth-order valence-electron chi connectivity index (χ4n) is 2.55. The molecule has 0 aliphatic carbocycles. The normalized spacial score (nSPS) is 16.7. The van der Waals surface area contributed by atoms with E-state index in [4.69, 9.17) is 0 Å². The summed E-state index contributed by atoms with van der Waals surface area (Å²) in [6.07, 6.45) is -6.74. The zero-order chi connectivity index (χ0) is 29.3. The maximum Gasteiger partial charge on any atom is 0.384 e. The predicted octanol–water partition coefficient (Wildman–Crippen LogP) is 7.68. The second-order valence-electron chi connectivity index (χ2n) is 7.18. The van der Waals surface area contributed by atoms with Gasteiger partial charge in [-0.05, 0) is 19.8 Å². The Labute approximate surface area is 192 Å². The van der Waals surface area contributed by atoms with Crippen molar-refractivity contribution in [2.45, 2.75) is 81.5 Å². The van der Waals surface area contributed by atoms with Gasteiger partial charge in [0.1, 0.15) is 0 Å². The van der Waals surface area contributed by atoms with E-state index in [2.05, 4.69) is 4.99 Å². The van der Waals surface area contributed by atoms with Crippen molar-refractivity contribution in [3.8, 4) is 0 Å². The molecule has 18 heteroatoms. The van der Waals surface area contributed by atoms with E-state index in [9.17, 15) is 75.0 Å². The Hall–Kier alpha value is -2.04. The highest BCUT2D eigenvalue weighted by molar-refractivity contribution is 5.98. The topological polar surface area (TPSA) is 29.4 Å². The zero-order valence-corrected chi connectivity index (χ0v) is 18.1. The Bertz CT molecular complexity index is 846. The second kappa shape index (κ2) is 10.4. The van der Waals surface area contributed by atoms with Crippen molar-refractivity contribution in [3.63, 3.8) is 0 Å². The Balaban J connectivity index is 6.73. The summed E-state index contributed by atoms with van der Waals surface area (Å²) < 4.78 is 215. The molecule has 0 saturated heterocycles. The molecule has 0 aromatic carbocycles. The molecule has 0 fully saturated rings. The molecule has 0 radical (unpaired) electrons. The number of amides is 1. The molecule has 2 nitrogen and oxygen atoms in total. The van der Waals surface area contributed by atoms with Gasteiger partial charge in [-0.3, -0.25) is 4.79 Å². The number of aliphatic imine (C=N–C) groups is 1. The molecular formula is C18H17F16NO. The van der Waals surface area contributed by atoms with Gasteiger partial charge in [-0.25, -0.2) is 13.8 Å². The molecule has 0 aliphatic heterocycles. The lowest BCUT2D eigenvalue weighted by Gasteiger charge is -2.43. The molecule has 0 heterocycles. The fourth-order valence-corrected chi connectivity index (χ4v) is 2.55. The largest absolute Gasteiger partial charge is 0.384 e. The van der Waals surface area contributed by atoms with Crippen molar-refractivity contribution in [2.75, 3.05) is 0 Å². The summed E-state index contributed by atoms with van der Waals surface area (Å²) in [5, 5.41) is 0. The smallest absolute Gasteiger partial charge is 0.267 e. The van der Waals surface area contributed by atoms with Crippen molar-refractivity contribution >= 4 is 12.1 Å². The molecule has 0 saturated carbocycles. The quantitative estimate of drug-likeness (QED) is 0.135. The molecule has 36 heavy (non-hydrogen) atoms. The lowest BCUT2D eigenvalue weighted by Crippen LogP contribution is -2.74. The van der Waals surface area contributed by atoms with Gasteiger partial charge in [-0.2, -0.15) is 61.5 Å². The van der Waals surface area contributed by atoms with Crippen molar-refractivity contribution in [2.24, 2.45) is 10.9 Å². The van der Waals surface area contributed by atoms with Gasteiger partial charge >= 0.3 is 47.9 Å². The summed E-state index contributed by atoms with van der Waals surface area (Å²) in [7, 11) is 0. The SMILES string of the molecule is C/C=C(/CC)C(=O)N=CC(CC)C(F)(F)C(F)(F)C(F)(F)C(F)(F)C(F)(F)C(F)(F)C(F)(F)C(F)F. The average molecular weight is 567 g/mol. The maximum absolute atomic E-state index is 14.3. The van der Waals surface area contributed by atoms with Crippen LogP contribution in [0, 0.1) is 5.92 Å². The van der Waals surface area contributed by atoms with Crippen molar-refractivity contribution in [1.29, 1.82) is 0 Å². The molecule has 0 spiro atoms. The van der Waals surface area contributed by atoms with Gasteiger partial charge < -0.3 is 0 Å². The Morgan fingerprint density at radius 2 is 1.06 bits per heavy atom. The molecule has 1 amide bonds. The van der Waals surface area contributed by atoms with Crippen LogP contribution in [-0.2, 0) is 4.79 Å². The van der Waals surface area contributed by atoms with E-state index in [0.29, 0.717) is 6.92 Å². The number of rotatable bonds is 12. The molecule has 1 unspecified atom stereocenters. The van der Waals surface area contributed by atoms with Crippen LogP contribution in [0.3, 0.4) is 0 Å².